The summed E-state index contributed by atoms with van der Waals surface area (Å²) in [6.45, 7) is 1.85. The van der Waals surface area contributed by atoms with Gasteiger partial charge in [-0.05, 0) is 13.3 Å². The molecule has 1 aliphatic heterocycles. The first-order chi connectivity index (χ1) is 5.53. The van der Waals surface area contributed by atoms with Crippen LogP contribution in [0.4, 0.5) is 0 Å². The molecule has 4 heteroatoms. The van der Waals surface area contributed by atoms with Crippen LogP contribution in [0.3, 0.4) is 0 Å². The van der Waals surface area contributed by atoms with Gasteiger partial charge in [-0.2, -0.15) is 0 Å². The van der Waals surface area contributed by atoms with Crippen molar-refractivity contribution in [2.45, 2.75) is 25.4 Å². The SMILES string of the molecule is C#CC(C)NC1CCS(=O)(=O)C1. The van der Waals surface area contributed by atoms with Gasteiger partial charge in [0.1, 0.15) is 0 Å². The zero-order valence-corrected chi connectivity index (χ0v) is 7.89. The number of rotatable bonds is 2. The molecule has 0 spiro atoms. The summed E-state index contributed by atoms with van der Waals surface area (Å²) in [4.78, 5) is 0. The molecule has 2 unspecified atom stereocenters. The third-order valence-corrected chi connectivity index (χ3v) is 3.74. The van der Waals surface area contributed by atoms with Crippen LogP contribution in [-0.4, -0.2) is 32.0 Å². The maximum absolute atomic E-state index is 11.0. The van der Waals surface area contributed by atoms with E-state index in [1.165, 1.54) is 0 Å². The molecule has 0 aromatic heterocycles. The van der Waals surface area contributed by atoms with Crippen molar-refractivity contribution in [1.29, 1.82) is 0 Å². The largest absolute Gasteiger partial charge is 0.300 e. The summed E-state index contributed by atoms with van der Waals surface area (Å²) in [5, 5.41) is 3.07. The average Bonchev–Trinajstić information content (AvgIpc) is 2.30. The minimum Gasteiger partial charge on any atom is -0.300 e. The van der Waals surface area contributed by atoms with Crippen molar-refractivity contribution in [3.8, 4) is 12.3 Å². The summed E-state index contributed by atoms with van der Waals surface area (Å²) in [5.74, 6) is 3.04. The third kappa shape index (κ3) is 2.50. The number of sulfone groups is 1. The molecule has 1 heterocycles. The number of hydrogen-bond donors (Lipinski definition) is 1. The van der Waals surface area contributed by atoms with Crippen LogP contribution < -0.4 is 5.32 Å². The van der Waals surface area contributed by atoms with Crippen molar-refractivity contribution in [3.05, 3.63) is 0 Å². The molecule has 0 amide bonds. The molecule has 0 bridgehead atoms. The van der Waals surface area contributed by atoms with Gasteiger partial charge in [0.2, 0.25) is 0 Å². The van der Waals surface area contributed by atoms with Crippen LogP contribution in [0.25, 0.3) is 0 Å². The molecule has 1 aliphatic rings. The standard InChI is InChI=1S/C8H13NO2S/c1-3-7(2)9-8-4-5-12(10,11)6-8/h1,7-9H,4-6H2,2H3. The number of nitrogens with one attached hydrogen (secondary N) is 1. The van der Waals surface area contributed by atoms with Crippen LogP contribution in [0.2, 0.25) is 0 Å². The first-order valence-corrected chi connectivity index (χ1v) is 5.78. The summed E-state index contributed by atoms with van der Waals surface area (Å²) >= 11 is 0. The molecule has 0 aliphatic carbocycles. The van der Waals surface area contributed by atoms with E-state index in [1.54, 1.807) is 0 Å². The van der Waals surface area contributed by atoms with Crippen LogP contribution >= 0.6 is 0 Å². The highest BCUT2D eigenvalue weighted by Crippen LogP contribution is 2.11. The van der Waals surface area contributed by atoms with Crippen LogP contribution in [0.5, 0.6) is 0 Å². The zero-order valence-electron chi connectivity index (χ0n) is 7.08. The summed E-state index contributed by atoms with van der Waals surface area (Å²) in [5.41, 5.74) is 0. The van der Waals surface area contributed by atoms with E-state index < -0.39 is 9.84 Å². The lowest BCUT2D eigenvalue weighted by Crippen LogP contribution is -2.36. The van der Waals surface area contributed by atoms with E-state index in [0.29, 0.717) is 12.2 Å². The van der Waals surface area contributed by atoms with Crippen molar-refractivity contribution in [1.82, 2.24) is 5.32 Å². The van der Waals surface area contributed by atoms with Gasteiger partial charge in [-0.25, -0.2) is 8.42 Å². The second-order valence-electron chi connectivity index (χ2n) is 3.15. The van der Waals surface area contributed by atoms with Crippen molar-refractivity contribution < 1.29 is 8.42 Å². The molecule has 0 radical (unpaired) electrons. The van der Waals surface area contributed by atoms with E-state index in [9.17, 15) is 8.42 Å². The first kappa shape index (κ1) is 9.56. The van der Waals surface area contributed by atoms with E-state index >= 15 is 0 Å². The Balaban J connectivity index is 2.45. The molecule has 0 aromatic carbocycles. The van der Waals surface area contributed by atoms with Crippen LogP contribution in [0.15, 0.2) is 0 Å². The summed E-state index contributed by atoms with van der Waals surface area (Å²) in [6, 6.07) is 0.0179. The Morgan fingerprint density at radius 2 is 2.33 bits per heavy atom. The van der Waals surface area contributed by atoms with Crippen LogP contribution in [0.1, 0.15) is 13.3 Å². The lowest BCUT2D eigenvalue weighted by atomic mass is 10.2. The van der Waals surface area contributed by atoms with Gasteiger partial charge in [0.15, 0.2) is 9.84 Å². The predicted octanol–water partition coefficient (Wildman–Crippen LogP) is -0.215. The molecule has 1 rings (SSSR count). The van der Waals surface area contributed by atoms with E-state index in [2.05, 4.69) is 11.2 Å². The molecular weight excluding hydrogens is 174 g/mol. The van der Waals surface area contributed by atoms with Gasteiger partial charge in [0.05, 0.1) is 17.5 Å². The molecule has 0 aromatic rings. The van der Waals surface area contributed by atoms with Gasteiger partial charge in [-0.15, -0.1) is 6.42 Å². The van der Waals surface area contributed by atoms with Crippen molar-refractivity contribution in [2.75, 3.05) is 11.5 Å². The molecule has 12 heavy (non-hydrogen) atoms. The van der Waals surface area contributed by atoms with Crippen molar-refractivity contribution in [3.63, 3.8) is 0 Å². The minimum absolute atomic E-state index is 0.0386. The van der Waals surface area contributed by atoms with Gasteiger partial charge in [0.25, 0.3) is 0 Å². The quantitative estimate of drug-likeness (QED) is 0.608. The van der Waals surface area contributed by atoms with E-state index in [0.717, 1.165) is 0 Å². The maximum Gasteiger partial charge on any atom is 0.151 e. The average molecular weight is 187 g/mol. The fraction of sp³-hybridized carbons (Fsp3) is 0.750. The van der Waals surface area contributed by atoms with Gasteiger partial charge < -0.3 is 5.32 Å². The molecule has 0 saturated carbocycles. The summed E-state index contributed by atoms with van der Waals surface area (Å²) in [6.07, 6.45) is 5.84. The molecular formula is C8H13NO2S. The molecule has 1 saturated heterocycles. The lowest BCUT2D eigenvalue weighted by Gasteiger charge is -2.12. The Morgan fingerprint density at radius 3 is 2.75 bits per heavy atom. The molecule has 68 valence electrons. The van der Waals surface area contributed by atoms with Crippen LogP contribution in [-0.2, 0) is 9.84 Å². The fourth-order valence-corrected chi connectivity index (χ4v) is 3.01. The highest BCUT2D eigenvalue weighted by molar-refractivity contribution is 7.91. The number of hydrogen-bond acceptors (Lipinski definition) is 3. The maximum atomic E-state index is 11.0. The van der Waals surface area contributed by atoms with E-state index in [-0.39, 0.29) is 17.8 Å². The van der Waals surface area contributed by atoms with Crippen LogP contribution in [0, 0.1) is 12.3 Å². The van der Waals surface area contributed by atoms with E-state index in [4.69, 9.17) is 6.42 Å². The van der Waals surface area contributed by atoms with Gasteiger partial charge in [0, 0.05) is 6.04 Å². The normalized spacial score (nSPS) is 29.5. The van der Waals surface area contributed by atoms with E-state index in [1.807, 2.05) is 6.92 Å². The van der Waals surface area contributed by atoms with Gasteiger partial charge in [-0.3, -0.25) is 0 Å². The zero-order chi connectivity index (χ0) is 9.19. The summed E-state index contributed by atoms with van der Waals surface area (Å²) < 4.78 is 22.0. The highest BCUT2D eigenvalue weighted by atomic mass is 32.2. The Hall–Kier alpha value is -0.530. The molecule has 1 fully saturated rings. The second-order valence-corrected chi connectivity index (χ2v) is 5.38. The minimum atomic E-state index is -2.78. The first-order valence-electron chi connectivity index (χ1n) is 3.96. The fourth-order valence-electron chi connectivity index (χ4n) is 1.33. The molecule has 2 atom stereocenters. The van der Waals surface area contributed by atoms with Gasteiger partial charge in [-0.1, -0.05) is 5.92 Å². The Bertz CT molecular complexity index is 289. The molecule has 3 nitrogen and oxygen atoms in total. The Labute approximate surface area is 73.5 Å². The Kier molecular flexibility index (Phi) is 2.76. The van der Waals surface area contributed by atoms with Gasteiger partial charge >= 0.3 is 0 Å². The molecule has 1 N–H and O–H groups in total. The number of terminal acetylenes is 1. The highest BCUT2D eigenvalue weighted by Gasteiger charge is 2.27. The summed E-state index contributed by atoms with van der Waals surface area (Å²) in [7, 11) is -2.78. The second kappa shape index (κ2) is 3.46. The third-order valence-electron chi connectivity index (χ3n) is 1.97. The monoisotopic (exact) mass is 187 g/mol. The topological polar surface area (TPSA) is 46.2 Å². The smallest absolute Gasteiger partial charge is 0.151 e. The van der Waals surface area contributed by atoms with Crippen molar-refractivity contribution in [2.24, 2.45) is 0 Å². The lowest BCUT2D eigenvalue weighted by molar-refractivity contribution is 0.530. The van der Waals surface area contributed by atoms with Crippen molar-refractivity contribution >= 4 is 9.84 Å². The predicted molar refractivity (Wildman–Crippen MR) is 48.5 cm³/mol. The Morgan fingerprint density at radius 1 is 1.67 bits per heavy atom.